The summed E-state index contributed by atoms with van der Waals surface area (Å²) in [6.45, 7) is 11.8. The van der Waals surface area contributed by atoms with Crippen molar-refractivity contribution in [3.8, 4) is 11.5 Å². The summed E-state index contributed by atoms with van der Waals surface area (Å²) in [5.41, 5.74) is 0.872. The molecule has 2 saturated heterocycles. The van der Waals surface area contributed by atoms with Crippen LogP contribution in [0.25, 0.3) is 6.08 Å². The molecule has 0 radical (unpaired) electrons. The highest BCUT2D eigenvalue weighted by Crippen LogP contribution is 2.35. The summed E-state index contributed by atoms with van der Waals surface area (Å²) in [5, 5.41) is 10.9. The number of cyclic esters (lactones) is 1. The highest BCUT2D eigenvalue weighted by atomic mass is 16.8. The van der Waals surface area contributed by atoms with Crippen molar-refractivity contribution < 1.29 is 43.1 Å². The van der Waals surface area contributed by atoms with Crippen LogP contribution in [0.1, 0.15) is 50.0 Å². The Hall–Kier alpha value is -2.47. The standard InChI is InChI=1S/C30H43NO9/c1-20-9-10-24(32)28-25(39-30(3,4)40-28)8-6-7-22-17-23(36-16-13-31-11-14-35-15-12-31)18-26(37-19-34-5)27(22)29(33)38-21(20)2/h6-7,9-10,17-18,20-21,24-25,28,32H,8,11-16,19H2,1-5H3/b7-6+,10-9-/t20-,21+,24?,25+,28-/m1/s1. The minimum absolute atomic E-state index is 0.0444. The number of hydrogen-bond donors (Lipinski definition) is 1. The molecule has 2 fully saturated rings. The highest BCUT2D eigenvalue weighted by Gasteiger charge is 2.43. The lowest BCUT2D eigenvalue weighted by Crippen LogP contribution is -2.38. The van der Waals surface area contributed by atoms with Gasteiger partial charge in [0.2, 0.25) is 0 Å². The van der Waals surface area contributed by atoms with E-state index in [9.17, 15) is 9.90 Å². The Bertz CT molecular complexity index is 1050. The molecule has 0 aliphatic carbocycles. The van der Waals surface area contributed by atoms with Gasteiger partial charge in [0, 0.05) is 38.7 Å². The van der Waals surface area contributed by atoms with Crippen LogP contribution in [-0.4, -0.2) is 99.5 Å². The highest BCUT2D eigenvalue weighted by molar-refractivity contribution is 5.97. The first-order valence-corrected chi connectivity index (χ1v) is 14.0. The molecule has 0 spiro atoms. The largest absolute Gasteiger partial charge is 0.492 e. The predicted molar refractivity (Wildman–Crippen MR) is 148 cm³/mol. The lowest BCUT2D eigenvalue weighted by molar-refractivity contribution is -0.152. The molecule has 222 valence electrons. The van der Waals surface area contributed by atoms with Crippen molar-refractivity contribution in [2.75, 3.05) is 53.4 Å². The SMILES string of the molecule is COCOc1cc(OCCN2CCOCC2)cc2c1C(=O)O[C@@H](C)[C@H](C)/C=C\C(O)[C@H]1OC(C)(C)O[C@H]1C/C=C/2. The van der Waals surface area contributed by atoms with E-state index in [1.807, 2.05) is 52.0 Å². The lowest BCUT2D eigenvalue weighted by Gasteiger charge is -2.26. The molecule has 0 aromatic heterocycles. The van der Waals surface area contributed by atoms with Gasteiger partial charge in [-0.15, -0.1) is 0 Å². The Morgan fingerprint density at radius 1 is 1.10 bits per heavy atom. The Morgan fingerprint density at radius 3 is 2.62 bits per heavy atom. The molecule has 1 aromatic carbocycles. The number of carbonyl (C=O) groups is 1. The van der Waals surface area contributed by atoms with Crippen molar-refractivity contribution in [2.24, 2.45) is 5.92 Å². The number of fused-ring (bicyclic) bond motifs is 2. The average molecular weight is 562 g/mol. The van der Waals surface area contributed by atoms with Crippen LogP contribution in [0.15, 0.2) is 30.4 Å². The van der Waals surface area contributed by atoms with Crippen molar-refractivity contribution in [1.82, 2.24) is 4.90 Å². The molecular weight excluding hydrogens is 518 g/mol. The summed E-state index contributed by atoms with van der Waals surface area (Å²) in [6, 6.07) is 3.51. The van der Waals surface area contributed by atoms with E-state index in [1.165, 1.54) is 7.11 Å². The van der Waals surface area contributed by atoms with Crippen molar-refractivity contribution >= 4 is 12.0 Å². The predicted octanol–water partition coefficient (Wildman–Crippen LogP) is 3.42. The zero-order chi connectivity index (χ0) is 28.7. The summed E-state index contributed by atoms with van der Waals surface area (Å²) in [6.07, 6.45) is 5.45. The Balaban J connectivity index is 1.66. The molecule has 0 bridgehead atoms. The van der Waals surface area contributed by atoms with Gasteiger partial charge in [-0.2, -0.15) is 0 Å². The molecule has 3 aliphatic rings. The molecule has 10 nitrogen and oxygen atoms in total. The van der Waals surface area contributed by atoms with Crippen molar-refractivity contribution in [1.29, 1.82) is 0 Å². The maximum Gasteiger partial charge on any atom is 0.342 e. The van der Waals surface area contributed by atoms with Gasteiger partial charge >= 0.3 is 5.97 Å². The van der Waals surface area contributed by atoms with Crippen LogP contribution in [0.4, 0.5) is 0 Å². The fraction of sp³-hybridized carbons (Fsp3) is 0.633. The van der Waals surface area contributed by atoms with Crippen LogP contribution in [-0.2, 0) is 23.7 Å². The van der Waals surface area contributed by atoms with Crippen LogP contribution >= 0.6 is 0 Å². The molecule has 0 saturated carbocycles. The third-order valence-corrected chi connectivity index (χ3v) is 7.29. The number of hydrogen-bond acceptors (Lipinski definition) is 10. The van der Waals surface area contributed by atoms with Gasteiger partial charge in [0.15, 0.2) is 12.6 Å². The topological polar surface area (TPSA) is 105 Å². The summed E-state index contributed by atoms with van der Waals surface area (Å²) in [7, 11) is 1.52. The van der Waals surface area contributed by atoms with Gasteiger partial charge in [-0.1, -0.05) is 31.2 Å². The second kappa shape index (κ2) is 13.9. The van der Waals surface area contributed by atoms with Crippen molar-refractivity contribution in [3.63, 3.8) is 0 Å². The molecule has 3 aliphatic heterocycles. The van der Waals surface area contributed by atoms with Crippen LogP contribution < -0.4 is 9.47 Å². The normalized spacial score (nSPS) is 30.9. The van der Waals surface area contributed by atoms with E-state index in [-0.39, 0.29) is 24.4 Å². The van der Waals surface area contributed by atoms with E-state index in [1.54, 1.807) is 12.1 Å². The van der Waals surface area contributed by atoms with E-state index >= 15 is 0 Å². The van der Waals surface area contributed by atoms with E-state index < -0.39 is 30.1 Å². The third-order valence-electron chi connectivity index (χ3n) is 7.29. The number of aliphatic hydroxyl groups excluding tert-OH is 1. The third kappa shape index (κ3) is 8.05. The first-order valence-electron chi connectivity index (χ1n) is 14.0. The molecule has 0 amide bonds. The summed E-state index contributed by atoms with van der Waals surface area (Å²) < 4.78 is 40.5. The molecular formula is C30H43NO9. The number of morpholine rings is 1. The zero-order valence-corrected chi connectivity index (χ0v) is 24.2. The number of methoxy groups -OCH3 is 1. The maximum atomic E-state index is 13.5. The zero-order valence-electron chi connectivity index (χ0n) is 24.2. The Kier molecular flexibility index (Phi) is 10.6. The van der Waals surface area contributed by atoms with Crippen LogP contribution in [0.3, 0.4) is 0 Å². The number of aliphatic hydroxyl groups is 1. The van der Waals surface area contributed by atoms with Gasteiger partial charge in [0.25, 0.3) is 0 Å². The summed E-state index contributed by atoms with van der Waals surface area (Å²) >= 11 is 0. The number of rotatable bonds is 7. The summed E-state index contributed by atoms with van der Waals surface area (Å²) in [5.74, 6) is -0.635. The van der Waals surface area contributed by atoms with Gasteiger partial charge in [-0.25, -0.2) is 4.79 Å². The molecule has 10 heteroatoms. The monoisotopic (exact) mass is 561 g/mol. The molecule has 40 heavy (non-hydrogen) atoms. The fourth-order valence-electron chi connectivity index (χ4n) is 4.95. The van der Waals surface area contributed by atoms with Gasteiger partial charge in [-0.05, 0) is 38.8 Å². The average Bonchev–Trinajstić information content (AvgIpc) is 3.24. The first-order chi connectivity index (χ1) is 19.2. The van der Waals surface area contributed by atoms with E-state index in [4.69, 9.17) is 33.2 Å². The first kappa shape index (κ1) is 30.5. The fourth-order valence-corrected chi connectivity index (χ4v) is 4.95. The molecule has 3 heterocycles. The van der Waals surface area contributed by atoms with Gasteiger partial charge in [-0.3, -0.25) is 4.90 Å². The minimum atomic E-state index is -0.874. The smallest absolute Gasteiger partial charge is 0.342 e. The number of nitrogens with zero attached hydrogens (tertiary/aromatic N) is 1. The number of ether oxygens (including phenoxy) is 7. The Labute approximate surface area is 236 Å². The van der Waals surface area contributed by atoms with Crippen molar-refractivity contribution in [3.05, 3.63) is 41.5 Å². The maximum absolute atomic E-state index is 13.5. The number of esters is 1. The lowest BCUT2D eigenvalue weighted by atomic mass is 9.99. The van der Waals surface area contributed by atoms with Crippen LogP contribution in [0.5, 0.6) is 11.5 Å². The van der Waals surface area contributed by atoms with Crippen LogP contribution in [0.2, 0.25) is 0 Å². The second-order valence-corrected chi connectivity index (χ2v) is 10.9. The van der Waals surface area contributed by atoms with Gasteiger partial charge in [0.05, 0.1) is 19.3 Å². The quantitative estimate of drug-likeness (QED) is 0.303. The van der Waals surface area contributed by atoms with E-state index in [2.05, 4.69) is 4.90 Å². The van der Waals surface area contributed by atoms with Gasteiger partial charge in [0.1, 0.15) is 42.0 Å². The Morgan fingerprint density at radius 2 is 1.88 bits per heavy atom. The number of benzene rings is 1. The van der Waals surface area contributed by atoms with Crippen LogP contribution in [0, 0.1) is 5.92 Å². The second-order valence-electron chi connectivity index (χ2n) is 10.9. The molecule has 1 aromatic rings. The van der Waals surface area contributed by atoms with E-state index in [0.717, 1.165) is 32.8 Å². The van der Waals surface area contributed by atoms with Crippen molar-refractivity contribution in [2.45, 2.75) is 64.3 Å². The van der Waals surface area contributed by atoms with Gasteiger partial charge < -0.3 is 38.3 Å². The summed E-state index contributed by atoms with van der Waals surface area (Å²) in [4.78, 5) is 15.8. The number of carbonyl (C=O) groups excluding carboxylic acids is 1. The molecule has 1 N–H and O–H groups in total. The molecule has 4 rings (SSSR count). The molecule has 5 atom stereocenters. The minimum Gasteiger partial charge on any atom is -0.492 e. The molecule has 1 unspecified atom stereocenters. The van der Waals surface area contributed by atoms with E-state index in [0.29, 0.717) is 30.1 Å².